The van der Waals surface area contributed by atoms with Crippen molar-refractivity contribution in [2.24, 2.45) is 11.8 Å². The normalized spacial score (nSPS) is 30.4. The van der Waals surface area contributed by atoms with E-state index in [4.69, 9.17) is 9.47 Å². The number of hydrogen-bond donors (Lipinski definition) is 2. The van der Waals surface area contributed by atoms with E-state index in [9.17, 15) is 9.90 Å². The molecule has 4 atom stereocenters. The van der Waals surface area contributed by atoms with Crippen molar-refractivity contribution in [2.45, 2.75) is 18.1 Å². The number of rotatable bonds is 4. The van der Waals surface area contributed by atoms with Crippen molar-refractivity contribution in [1.82, 2.24) is 5.32 Å². The maximum atomic E-state index is 12.8. The molecule has 2 aromatic rings. The maximum absolute atomic E-state index is 12.8. The summed E-state index contributed by atoms with van der Waals surface area (Å²) in [6.07, 6.45) is -0.364. The first-order chi connectivity index (χ1) is 13.2. The number of aliphatic hydroxyl groups excluding tert-OH is 1. The fraction of sp³-hybridized carbons (Fsp3) is 0.381. The monoisotopic (exact) mass is 429 g/mol. The molecule has 0 bridgehead atoms. The number of amides is 1. The smallest absolute Gasteiger partial charge is 0.251 e. The third-order valence-corrected chi connectivity index (χ3v) is 6.49. The number of fused-ring (bicyclic) bond motifs is 2. The van der Waals surface area contributed by atoms with Crippen molar-refractivity contribution in [3.05, 3.63) is 63.6 Å². The second kappa shape index (κ2) is 6.62. The Morgan fingerprint density at radius 3 is 2.63 bits per heavy atom. The molecule has 1 saturated carbocycles. The maximum Gasteiger partial charge on any atom is 0.251 e. The minimum absolute atomic E-state index is 0.0721. The zero-order valence-corrected chi connectivity index (χ0v) is 16.2. The van der Waals surface area contributed by atoms with E-state index < -0.39 is 0 Å². The van der Waals surface area contributed by atoms with Crippen LogP contribution in [0.15, 0.2) is 46.9 Å². The number of carbonyl (C=O) groups is 1. The average Bonchev–Trinajstić information content (AvgIpc) is 3.05. The molecule has 3 aliphatic rings. The Labute approximate surface area is 165 Å². The van der Waals surface area contributed by atoms with Gasteiger partial charge < -0.3 is 19.9 Å². The van der Waals surface area contributed by atoms with Crippen molar-refractivity contribution >= 4 is 21.8 Å². The molecule has 2 aromatic carbocycles. The van der Waals surface area contributed by atoms with Crippen LogP contribution in [0.2, 0.25) is 0 Å². The molecule has 1 saturated heterocycles. The molecular formula is C21H20BrNO4. The van der Waals surface area contributed by atoms with E-state index in [2.05, 4.69) is 21.2 Å². The number of ether oxygens (including phenoxy) is 2. The Balaban J connectivity index is 1.46. The van der Waals surface area contributed by atoms with E-state index in [1.807, 2.05) is 36.4 Å². The van der Waals surface area contributed by atoms with Gasteiger partial charge in [-0.15, -0.1) is 0 Å². The summed E-state index contributed by atoms with van der Waals surface area (Å²) in [4.78, 5) is 12.8. The Morgan fingerprint density at radius 1 is 1.19 bits per heavy atom. The lowest BCUT2D eigenvalue weighted by atomic mass is 9.87. The van der Waals surface area contributed by atoms with Crippen molar-refractivity contribution < 1.29 is 19.4 Å². The molecule has 4 unspecified atom stereocenters. The highest BCUT2D eigenvalue weighted by Crippen LogP contribution is 2.47. The largest absolute Gasteiger partial charge is 0.486 e. The lowest BCUT2D eigenvalue weighted by molar-refractivity contribution is 0.0929. The van der Waals surface area contributed by atoms with E-state index >= 15 is 0 Å². The molecule has 2 aliphatic heterocycles. The molecule has 2 fully saturated rings. The molecule has 6 heteroatoms. The lowest BCUT2D eigenvalue weighted by Gasteiger charge is -2.17. The van der Waals surface area contributed by atoms with Gasteiger partial charge in [-0.1, -0.05) is 30.3 Å². The highest BCUT2D eigenvalue weighted by atomic mass is 79.9. The summed E-state index contributed by atoms with van der Waals surface area (Å²) >= 11 is 3.55. The first-order valence-corrected chi connectivity index (χ1v) is 10.0. The molecule has 5 rings (SSSR count). The Morgan fingerprint density at radius 2 is 1.93 bits per heavy atom. The first-order valence-electron chi connectivity index (χ1n) is 9.22. The van der Waals surface area contributed by atoms with Gasteiger partial charge in [0.25, 0.3) is 5.91 Å². The predicted molar refractivity (Wildman–Crippen MR) is 103 cm³/mol. The van der Waals surface area contributed by atoms with Crippen LogP contribution in [0.3, 0.4) is 0 Å². The van der Waals surface area contributed by atoms with Crippen molar-refractivity contribution in [1.29, 1.82) is 0 Å². The SMILES string of the molecule is O=C(NC1C2COCC21)c1cc(Br)c2c(c1)C(c1ccccc1)C(CO)O2. The summed E-state index contributed by atoms with van der Waals surface area (Å²) in [7, 11) is 0. The minimum Gasteiger partial charge on any atom is -0.486 e. The van der Waals surface area contributed by atoms with Crippen LogP contribution in [0.25, 0.3) is 0 Å². The van der Waals surface area contributed by atoms with Crippen LogP contribution in [0.4, 0.5) is 0 Å². The van der Waals surface area contributed by atoms with Crippen LogP contribution in [-0.2, 0) is 4.74 Å². The van der Waals surface area contributed by atoms with Gasteiger partial charge in [0.15, 0.2) is 0 Å². The molecule has 1 aliphatic carbocycles. The van der Waals surface area contributed by atoms with Crippen LogP contribution < -0.4 is 10.1 Å². The van der Waals surface area contributed by atoms with Crippen LogP contribution >= 0.6 is 15.9 Å². The molecule has 2 N–H and O–H groups in total. The second-order valence-electron chi connectivity index (χ2n) is 7.47. The summed E-state index contributed by atoms with van der Waals surface area (Å²) in [6, 6.07) is 13.9. The molecule has 2 heterocycles. The van der Waals surface area contributed by atoms with Gasteiger partial charge in [-0.25, -0.2) is 0 Å². The standard InChI is InChI=1S/C21H20BrNO4/c22-16-7-12(21(25)23-19-14-9-26-10-15(14)19)6-13-18(11-4-2-1-3-5-11)17(8-24)27-20(13)16/h1-7,14-15,17-19,24H,8-10H2,(H,23,25). The number of benzene rings is 2. The number of halogens is 1. The van der Waals surface area contributed by atoms with E-state index in [1.165, 1.54) is 0 Å². The third kappa shape index (κ3) is 2.87. The van der Waals surface area contributed by atoms with Gasteiger partial charge in [0.1, 0.15) is 11.9 Å². The molecule has 27 heavy (non-hydrogen) atoms. The molecule has 1 amide bonds. The predicted octanol–water partition coefficient (Wildman–Crippen LogP) is 2.71. The van der Waals surface area contributed by atoms with Crippen LogP contribution in [-0.4, -0.2) is 43.0 Å². The van der Waals surface area contributed by atoms with Gasteiger partial charge in [0, 0.05) is 29.0 Å². The van der Waals surface area contributed by atoms with Gasteiger partial charge in [0.2, 0.25) is 0 Å². The Kier molecular flexibility index (Phi) is 4.22. The first kappa shape index (κ1) is 17.2. The van der Waals surface area contributed by atoms with Crippen molar-refractivity contribution in [3.8, 4) is 5.75 Å². The van der Waals surface area contributed by atoms with E-state index in [-0.39, 0.29) is 30.6 Å². The van der Waals surface area contributed by atoms with Gasteiger partial charge in [-0.3, -0.25) is 4.79 Å². The molecular weight excluding hydrogens is 410 g/mol. The minimum atomic E-state index is -0.364. The number of hydrogen-bond acceptors (Lipinski definition) is 4. The molecule has 5 nitrogen and oxygen atoms in total. The quantitative estimate of drug-likeness (QED) is 0.783. The highest BCUT2D eigenvalue weighted by molar-refractivity contribution is 9.10. The Bertz CT molecular complexity index is 877. The zero-order valence-electron chi connectivity index (χ0n) is 14.6. The lowest BCUT2D eigenvalue weighted by Crippen LogP contribution is -2.30. The molecule has 0 radical (unpaired) electrons. The summed E-state index contributed by atoms with van der Waals surface area (Å²) in [5.41, 5.74) is 2.60. The average molecular weight is 430 g/mol. The summed E-state index contributed by atoms with van der Waals surface area (Å²) < 4.78 is 12.1. The van der Waals surface area contributed by atoms with E-state index in [0.29, 0.717) is 23.1 Å². The molecule has 0 aromatic heterocycles. The summed E-state index contributed by atoms with van der Waals surface area (Å²) in [6.45, 7) is 1.39. The fourth-order valence-corrected chi connectivity index (χ4v) is 4.98. The Hall–Kier alpha value is -1.89. The van der Waals surface area contributed by atoms with E-state index in [1.54, 1.807) is 6.07 Å². The van der Waals surface area contributed by atoms with Gasteiger partial charge in [-0.05, 0) is 33.6 Å². The third-order valence-electron chi connectivity index (χ3n) is 5.90. The highest BCUT2D eigenvalue weighted by Gasteiger charge is 2.54. The van der Waals surface area contributed by atoms with E-state index in [0.717, 1.165) is 28.8 Å². The molecule has 0 spiro atoms. The van der Waals surface area contributed by atoms with Crippen LogP contribution in [0, 0.1) is 11.8 Å². The summed E-state index contributed by atoms with van der Waals surface area (Å²) in [5, 5.41) is 13.0. The number of carbonyl (C=O) groups excluding carboxylic acids is 1. The zero-order chi connectivity index (χ0) is 18.5. The number of aliphatic hydroxyl groups is 1. The van der Waals surface area contributed by atoms with Crippen LogP contribution in [0.1, 0.15) is 27.4 Å². The van der Waals surface area contributed by atoms with Gasteiger partial charge in [0.05, 0.1) is 30.2 Å². The van der Waals surface area contributed by atoms with Crippen molar-refractivity contribution in [3.63, 3.8) is 0 Å². The fourth-order valence-electron chi connectivity index (χ4n) is 4.41. The number of nitrogens with one attached hydrogen (secondary N) is 1. The summed E-state index contributed by atoms with van der Waals surface area (Å²) in [5.74, 6) is 1.45. The second-order valence-corrected chi connectivity index (χ2v) is 8.32. The van der Waals surface area contributed by atoms with Gasteiger partial charge >= 0.3 is 0 Å². The molecule has 140 valence electrons. The van der Waals surface area contributed by atoms with Crippen molar-refractivity contribution in [2.75, 3.05) is 19.8 Å². The van der Waals surface area contributed by atoms with Crippen LogP contribution in [0.5, 0.6) is 5.75 Å². The van der Waals surface area contributed by atoms with Gasteiger partial charge in [-0.2, -0.15) is 0 Å². The topological polar surface area (TPSA) is 67.8 Å².